The van der Waals surface area contributed by atoms with E-state index in [1.807, 2.05) is 24.3 Å². The minimum Gasteiger partial charge on any atom is -0.494 e. The minimum absolute atomic E-state index is 0.846. The van der Waals surface area contributed by atoms with Crippen LogP contribution >= 0.6 is 15.9 Å². The van der Waals surface area contributed by atoms with Crippen molar-refractivity contribution >= 4 is 15.9 Å². The largest absolute Gasteiger partial charge is 0.494 e. The van der Waals surface area contributed by atoms with Crippen LogP contribution in [0, 0.1) is 0 Å². The van der Waals surface area contributed by atoms with Gasteiger partial charge < -0.3 is 4.74 Å². The molecule has 0 atom stereocenters. The lowest BCUT2D eigenvalue weighted by Gasteiger charge is -2.06. The molecule has 2 heteroatoms. The van der Waals surface area contributed by atoms with Crippen molar-refractivity contribution in [3.8, 4) is 5.75 Å². The van der Waals surface area contributed by atoms with Crippen LogP contribution in [0.15, 0.2) is 28.7 Å². The van der Waals surface area contributed by atoms with E-state index in [0.717, 1.165) is 16.8 Å². The quantitative estimate of drug-likeness (QED) is 0.308. The van der Waals surface area contributed by atoms with Gasteiger partial charge in [0.25, 0.3) is 0 Å². The molecule has 126 valence electrons. The van der Waals surface area contributed by atoms with Crippen LogP contribution in [-0.2, 0) is 0 Å². The Morgan fingerprint density at radius 1 is 0.682 bits per heavy atom. The summed E-state index contributed by atoms with van der Waals surface area (Å²) in [7, 11) is 0. The summed E-state index contributed by atoms with van der Waals surface area (Å²) >= 11 is 3.43. The molecule has 0 heterocycles. The summed E-state index contributed by atoms with van der Waals surface area (Å²) in [6.45, 7) is 3.13. The smallest absolute Gasteiger partial charge is 0.119 e. The Bertz CT molecular complexity index is 347. The predicted molar refractivity (Wildman–Crippen MR) is 101 cm³/mol. The van der Waals surface area contributed by atoms with E-state index >= 15 is 0 Å². The van der Waals surface area contributed by atoms with Crippen LogP contribution in [-0.4, -0.2) is 6.61 Å². The fourth-order valence-electron chi connectivity index (χ4n) is 2.66. The van der Waals surface area contributed by atoms with Gasteiger partial charge in [-0.1, -0.05) is 93.5 Å². The molecule has 0 aliphatic heterocycles. The molecule has 0 N–H and O–H groups in total. The first kappa shape index (κ1) is 19.5. The molecule has 0 amide bonds. The maximum Gasteiger partial charge on any atom is 0.119 e. The number of rotatable bonds is 14. The van der Waals surface area contributed by atoms with Crippen LogP contribution in [0.4, 0.5) is 0 Å². The highest BCUT2D eigenvalue weighted by atomic mass is 79.9. The highest BCUT2D eigenvalue weighted by molar-refractivity contribution is 9.10. The van der Waals surface area contributed by atoms with Crippen LogP contribution in [0.5, 0.6) is 5.75 Å². The summed E-state index contributed by atoms with van der Waals surface area (Å²) in [5.41, 5.74) is 0. The van der Waals surface area contributed by atoms with E-state index in [-0.39, 0.29) is 0 Å². The molecule has 0 radical (unpaired) electrons. The fraction of sp³-hybridized carbons (Fsp3) is 0.700. The SMILES string of the molecule is CCCCCCCCCCCCCCOc1ccc(Br)cc1. The topological polar surface area (TPSA) is 9.23 Å². The summed E-state index contributed by atoms with van der Waals surface area (Å²) in [4.78, 5) is 0. The van der Waals surface area contributed by atoms with Crippen LogP contribution in [0.25, 0.3) is 0 Å². The second-order valence-electron chi connectivity index (χ2n) is 6.19. The summed E-state index contributed by atoms with van der Waals surface area (Å²) in [5.74, 6) is 0.978. The molecule has 0 unspecified atom stereocenters. The third-order valence-electron chi connectivity index (χ3n) is 4.08. The molecule has 1 nitrogen and oxygen atoms in total. The Hall–Kier alpha value is -0.500. The van der Waals surface area contributed by atoms with Gasteiger partial charge in [-0.05, 0) is 30.7 Å². The van der Waals surface area contributed by atoms with Gasteiger partial charge in [-0.2, -0.15) is 0 Å². The van der Waals surface area contributed by atoms with Crippen molar-refractivity contribution in [2.75, 3.05) is 6.61 Å². The third kappa shape index (κ3) is 11.1. The lowest BCUT2D eigenvalue weighted by atomic mass is 10.1. The van der Waals surface area contributed by atoms with E-state index < -0.39 is 0 Å². The van der Waals surface area contributed by atoms with E-state index in [2.05, 4.69) is 22.9 Å². The average Bonchev–Trinajstić information content (AvgIpc) is 2.53. The Morgan fingerprint density at radius 3 is 1.64 bits per heavy atom. The summed E-state index contributed by atoms with van der Waals surface area (Å²) in [5, 5.41) is 0. The van der Waals surface area contributed by atoms with E-state index in [1.165, 1.54) is 77.0 Å². The van der Waals surface area contributed by atoms with Gasteiger partial charge in [0.1, 0.15) is 5.75 Å². The van der Waals surface area contributed by atoms with Crippen molar-refractivity contribution < 1.29 is 4.74 Å². The molecular weight excluding hydrogens is 336 g/mol. The zero-order valence-electron chi connectivity index (χ0n) is 14.3. The van der Waals surface area contributed by atoms with E-state index in [4.69, 9.17) is 4.74 Å². The monoisotopic (exact) mass is 368 g/mol. The normalized spacial score (nSPS) is 10.8. The molecule has 0 fully saturated rings. The lowest BCUT2D eigenvalue weighted by molar-refractivity contribution is 0.304. The van der Waals surface area contributed by atoms with Gasteiger partial charge in [0.2, 0.25) is 0 Å². The van der Waals surface area contributed by atoms with Crippen molar-refractivity contribution in [3.05, 3.63) is 28.7 Å². The van der Waals surface area contributed by atoms with Gasteiger partial charge in [0.15, 0.2) is 0 Å². The molecule has 1 aromatic rings. The van der Waals surface area contributed by atoms with Crippen LogP contribution in [0.3, 0.4) is 0 Å². The van der Waals surface area contributed by atoms with Crippen LogP contribution in [0.1, 0.15) is 84.0 Å². The maximum absolute atomic E-state index is 5.73. The standard InChI is InChI=1S/C20H33BrO/c1-2-3-4-5-6-7-8-9-10-11-12-13-18-22-20-16-14-19(21)15-17-20/h14-17H,2-13,18H2,1H3. The minimum atomic E-state index is 0.846. The van der Waals surface area contributed by atoms with E-state index in [9.17, 15) is 0 Å². The first-order valence-electron chi connectivity index (χ1n) is 9.21. The second-order valence-corrected chi connectivity index (χ2v) is 7.11. The Balaban J connectivity index is 1.79. The summed E-state index contributed by atoms with van der Waals surface area (Å²) < 4.78 is 6.83. The van der Waals surface area contributed by atoms with Crippen molar-refractivity contribution in [1.82, 2.24) is 0 Å². The number of benzene rings is 1. The highest BCUT2D eigenvalue weighted by Gasteiger charge is 1.95. The number of ether oxygens (including phenoxy) is 1. The average molecular weight is 369 g/mol. The van der Waals surface area contributed by atoms with Gasteiger partial charge in [0, 0.05) is 4.47 Å². The summed E-state index contributed by atoms with van der Waals surface area (Å²) in [6, 6.07) is 8.09. The molecule has 0 saturated heterocycles. The maximum atomic E-state index is 5.73. The molecule has 0 aliphatic carbocycles. The Morgan fingerprint density at radius 2 is 1.14 bits per heavy atom. The Kier molecular flexibility index (Phi) is 12.5. The molecule has 1 rings (SSSR count). The van der Waals surface area contributed by atoms with Gasteiger partial charge in [-0.15, -0.1) is 0 Å². The van der Waals surface area contributed by atoms with Crippen LogP contribution < -0.4 is 4.74 Å². The number of hydrogen-bond donors (Lipinski definition) is 0. The van der Waals surface area contributed by atoms with Gasteiger partial charge >= 0.3 is 0 Å². The number of hydrogen-bond acceptors (Lipinski definition) is 1. The van der Waals surface area contributed by atoms with E-state index in [1.54, 1.807) is 0 Å². The molecule has 0 saturated carbocycles. The lowest BCUT2D eigenvalue weighted by Crippen LogP contribution is -1.97. The van der Waals surface area contributed by atoms with Crippen molar-refractivity contribution in [2.45, 2.75) is 84.0 Å². The number of halogens is 1. The molecule has 0 aliphatic rings. The zero-order valence-corrected chi connectivity index (χ0v) is 15.9. The fourth-order valence-corrected chi connectivity index (χ4v) is 2.93. The van der Waals surface area contributed by atoms with E-state index in [0.29, 0.717) is 0 Å². The highest BCUT2D eigenvalue weighted by Crippen LogP contribution is 2.17. The first-order valence-corrected chi connectivity index (χ1v) is 10.0. The molecule has 0 aromatic heterocycles. The Labute approximate surface area is 146 Å². The predicted octanol–water partition coefficient (Wildman–Crippen LogP) is 7.53. The first-order chi connectivity index (χ1) is 10.8. The molecule has 1 aromatic carbocycles. The van der Waals surface area contributed by atoms with Gasteiger partial charge in [-0.25, -0.2) is 0 Å². The zero-order chi connectivity index (χ0) is 15.9. The van der Waals surface area contributed by atoms with Crippen LogP contribution in [0.2, 0.25) is 0 Å². The number of unbranched alkanes of at least 4 members (excludes halogenated alkanes) is 11. The second kappa shape index (κ2) is 14.1. The third-order valence-corrected chi connectivity index (χ3v) is 4.61. The van der Waals surface area contributed by atoms with Gasteiger partial charge in [-0.3, -0.25) is 0 Å². The summed E-state index contributed by atoms with van der Waals surface area (Å²) in [6.07, 6.45) is 16.6. The molecule has 0 bridgehead atoms. The van der Waals surface area contributed by atoms with Crippen molar-refractivity contribution in [2.24, 2.45) is 0 Å². The molecule has 0 spiro atoms. The molecule has 22 heavy (non-hydrogen) atoms. The van der Waals surface area contributed by atoms with Gasteiger partial charge in [0.05, 0.1) is 6.61 Å². The molecular formula is C20H33BrO. The van der Waals surface area contributed by atoms with Crippen molar-refractivity contribution in [1.29, 1.82) is 0 Å². The van der Waals surface area contributed by atoms with Crippen molar-refractivity contribution in [3.63, 3.8) is 0 Å².